The number of fused-ring (bicyclic) bond motifs is 1. The minimum atomic E-state index is -0.905. The average Bonchev–Trinajstić information content (AvgIpc) is 3.22. The number of benzene rings is 2. The lowest BCUT2D eigenvalue weighted by Crippen LogP contribution is -2.31. The number of hydrogen-bond acceptors (Lipinski definition) is 3. The van der Waals surface area contributed by atoms with Crippen LogP contribution in [0.5, 0.6) is 5.75 Å². The van der Waals surface area contributed by atoms with Crippen LogP contribution in [0.3, 0.4) is 0 Å². The second-order valence-corrected chi connectivity index (χ2v) is 7.25. The van der Waals surface area contributed by atoms with E-state index < -0.39 is 11.6 Å². The molecule has 2 aliphatic rings. The standard InChI is InChI=1S/C21H21F2NO3/c22-19-7-6-17(10-20(19)23)27-18-8-15-11-24(12-16(15)9-18)21(25)26-13-14-4-2-1-3-5-14/h1-7,10,15-16,18H,8-9,11-13H2/t15-,16+,18+. The first kappa shape index (κ1) is 17.8. The summed E-state index contributed by atoms with van der Waals surface area (Å²) in [5.74, 6) is -0.736. The van der Waals surface area contributed by atoms with E-state index in [0.29, 0.717) is 30.7 Å². The molecular weight excluding hydrogens is 352 g/mol. The van der Waals surface area contributed by atoms with Crippen molar-refractivity contribution < 1.29 is 23.0 Å². The van der Waals surface area contributed by atoms with Crippen molar-refractivity contribution in [2.24, 2.45) is 11.8 Å². The number of hydrogen-bond donors (Lipinski definition) is 0. The molecule has 1 saturated carbocycles. The van der Waals surface area contributed by atoms with Gasteiger partial charge in [0.25, 0.3) is 0 Å². The number of rotatable bonds is 4. The maximum absolute atomic E-state index is 13.3. The van der Waals surface area contributed by atoms with E-state index in [9.17, 15) is 13.6 Å². The highest BCUT2D eigenvalue weighted by Gasteiger charge is 2.43. The molecule has 0 spiro atoms. The van der Waals surface area contributed by atoms with Crippen LogP contribution in [0.25, 0.3) is 0 Å². The van der Waals surface area contributed by atoms with Crippen molar-refractivity contribution >= 4 is 6.09 Å². The fourth-order valence-corrected chi connectivity index (χ4v) is 4.04. The maximum Gasteiger partial charge on any atom is 0.410 e. The molecule has 142 valence electrons. The first-order valence-electron chi connectivity index (χ1n) is 9.16. The highest BCUT2D eigenvalue weighted by Crippen LogP contribution is 2.40. The molecule has 4 nitrogen and oxygen atoms in total. The van der Waals surface area contributed by atoms with Crippen LogP contribution >= 0.6 is 0 Å². The van der Waals surface area contributed by atoms with E-state index in [4.69, 9.17) is 9.47 Å². The van der Waals surface area contributed by atoms with Crippen molar-refractivity contribution in [2.45, 2.75) is 25.6 Å². The molecule has 2 fully saturated rings. The van der Waals surface area contributed by atoms with Crippen LogP contribution in [0.1, 0.15) is 18.4 Å². The zero-order valence-corrected chi connectivity index (χ0v) is 14.8. The summed E-state index contributed by atoms with van der Waals surface area (Å²) in [6.45, 7) is 1.57. The third kappa shape index (κ3) is 4.04. The average molecular weight is 373 g/mol. The van der Waals surface area contributed by atoms with Crippen LogP contribution in [-0.4, -0.2) is 30.2 Å². The molecule has 2 aromatic rings. The SMILES string of the molecule is O=C(OCc1ccccc1)N1C[C@H]2C[C@H](Oc3ccc(F)c(F)c3)C[C@H]2C1. The maximum atomic E-state index is 13.3. The first-order chi connectivity index (χ1) is 13.1. The van der Waals surface area contributed by atoms with E-state index in [2.05, 4.69) is 0 Å². The van der Waals surface area contributed by atoms with Gasteiger partial charge in [0.05, 0.1) is 6.10 Å². The van der Waals surface area contributed by atoms with Crippen LogP contribution in [0.2, 0.25) is 0 Å². The Kier molecular flexibility index (Phi) is 4.97. The summed E-state index contributed by atoms with van der Waals surface area (Å²) in [7, 11) is 0. The predicted molar refractivity (Wildman–Crippen MR) is 95.2 cm³/mol. The molecule has 6 heteroatoms. The zero-order valence-electron chi connectivity index (χ0n) is 14.8. The van der Waals surface area contributed by atoms with Gasteiger partial charge in [0.2, 0.25) is 0 Å². The number of likely N-dealkylation sites (tertiary alicyclic amines) is 1. The molecule has 0 radical (unpaired) electrons. The Morgan fingerprint density at radius 3 is 2.37 bits per heavy atom. The molecule has 2 aromatic carbocycles. The Labute approximate surface area is 156 Å². The van der Waals surface area contributed by atoms with Gasteiger partial charge in [-0.3, -0.25) is 0 Å². The predicted octanol–water partition coefficient (Wildman–Crippen LogP) is 4.39. The van der Waals surface area contributed by atoms with Gasteiger partial charge in [-0.15, -0.1) is 0 Å². The van der Waals surface area contributed by atoms with Gasteiger partial charge < -0.3 is 14.4 Å². The summed E-state index contributed by atoms with van der Waals surface area (Å²) < 4.78 is 37.5. The summed E-state index contributed by atoms with van der Waals surface area (Å²) in [6.07, 6.45) is 1.27. The summed E-state index contributed by atoms with van der Waals surface area (Å²) in [6, 6.07) is 13.2. The molecule has 1 saturated heterocycles. The lowest BCUT2D eigenvalue weighted by Gasteiger charge is -2.20. The Morgan fingerprint density at radius 1 is 1.00 bits per heavy atom. The van der Waals surface area contributed by atoms with Gasteiger partial charge in [0.1, 0.15) is 12.4 Å². The van der Waals surface area contributed by atoms with Gasteiger partial charge in [-0.2, -0.15) is 0 Å². The minimum Gasteiger partial charge on any atom is -0.490 e. The highest BCUT2D eigenvalue weighted by atomic mass is 19.2. The number of carbonyl (C=O) groups excluding carboxylic acids is 1. The van der Waals surface area contributed by atoms with Crippen molar-refractivity contribution in [3.05, 3.63) is 65.7 Å². The molecule has 0 N–H and O–H groups in total. The van der Waals surface area contributed by atoms with Crippen LogP contribution in [-0.2, 0) is 11.3 Å². The molecule has 1 amide bonds. The van der Waals surface area contributed by atoms with E-state index >= 15 is 0 Å². The number of halogens is 2. The normalized spacial score (nSPS) is 23.9. The molecule has 0 unspecified atom stereocenters. The smallest absolute Gasteiger partial charge is 0.410 e. The number of ether oxygens (including phenoxy) is 2. The van der Waals surface area contributed by atoms with E-state index in [0.717, 1.165) is 30.5 Å². The lowest BCUT2D eigenvalue weighted by molar-refractivity contribution is 0.0985. The molecule has 0 bridgehead atoms. The Hall–Kier alpha value is -2.63. The van der Waals surface area contributed by atoms with Crippen molar-refractivity contribution in [3.8, 4) is 5.75 Å². The van der Waals surface area contributed by atoms with Crippen LogP contribution in [0.4, 0.5) is 13.6 Å². The lowest BCUT2D eigenvalue weighted by atomic mass is 10.0. The van der Waals surface area contributed by atoms with Gasteiger partial charge in [0.15, 0.2) is 11.6 Å². The van der Waals surface area contributed by atoms with Gasteiger partial charge in [-0.05, 0) is 42.4 Å². The van der Waals surface area contributed by atoms with Crippen molar-refractivity contribution in [3.63, 3.8) is 0 Å². The molecule has 4 rings (SSSR count). The van der Waals surface area contributed by atoms with E-state index in [1.165, 1.54) is 6.07 Å². The molecule has 1 heterocycles. The molecule has 0 aromatic heterocycles. The Balaban J connectivity index is 1.26. The largest absolute Gasteiger partial charge is 0.490 e. The fraction of sp³-hybridized carbons (Fsp3) is 0.381. The van der Waals surface area contributed by atoms with Gasteiger partial charge in [0, 0.05) is 19.2 Å². The Morgan fingerprint density at radius 2 is 1.70 bits per heavy atom. The van der Waals surface area contributed by atoms with Crippen molar-refractivity contribution in [1.82, 2.24) is 4.90 Å². The number of amides is 1. The van der Waals surface area contributed by atoms with E-state index in [1.54, 1.807) is 4.90 Å². The van der Waals surface area contributed by atoms with E-state index in [-0.39, 0.29) is 18.8 Å². The topological polar surface area (TPSA) is 38.8 Å². The number of carbonyl (C=O) groups is 1. The fourth-order valence-electron chi connectivity index (χ4n) is 4.04. The first-order valence-corrected chi connectivity index (χ1v) is 9.16. The highest BCUT2D eigenvalue weighted by molar-refractivity contribution is 5.68. The summed E-state index contributed by atoms with van der Waals surface area (Å²) in [5, 5.41) is 0. The quantitative estimate of drug-likeness (QED) is 0.798. The molecular formula is C21H21F2NO3. The van der Waals surface area contributed by atoms with Gasteiger partial charge in [-0.25, -0.2) is 13.6 Å². The van der Waals surface area contributed by atoms with Crippen LogP contribution in [0, 0.1) is 23.5 Å². The second kappa shape index (κ2) is 7.55. The molecule has 27 heavy (non-hydrogen) atoms. The summed E-state index contributed by atoms with van der Waals surface area (Å²) >= 11 is 0. The van der Waals surface area contributed by atoms with Crippen molar-refractivity contribution in [2.75, 3.05) is 13.1 Å². The third-order valence-corrected chi connectivity index (χ3v) is 5.36. The molecule has 1 aliphatic carbocycles. The van der Waals surface area contributed by atoms with Gasteiger partial charge >= 0.3 is 6.09 Å². The Bertz CT molecular complexity index is 800. The molecule has 1 aliphatic heterocycles. The molecule has 3 atom stereocenters. The zero-order chi connectivity index (χ0) is 18.8. The van der Waals surface area contributed by atoms with Crippen molar-refractivity contribution in [1.29, 1.82) is 0 Å². The third-order valence-electron chi connectivity index (χ3n) is 5.36. The summed E-state index contributed by atoms with van der Waals surface area (Å²) in [5.41, 5.74) is 0.963. The minimum absolute atomic E-state index is 0.0349. The van der Waals surface area contributed by atoms with E-state index in [1.807, 2.05) is 30.3 Å². The van der Waals surface area contributed by atoms with Crippen LogP contribution in [0.15, 0.2) is 48.5 Å². The summed E-state index contributed by atoms with van der Waals surface area (Å²) in [4.78, 5) is 14.0. The second-order valence-electron chi connectivity index (χ2n) is 7.25. The number of nitrogens with zero attached hydrogens (tertiary/aromatic N) is 1. The van der Waals surface area contributed by atoms with Gasteiger partial charge in [-0.1, -0.05) is 30.3 Å². The monoisotopic (exact) mass is 373 g/mol. The van der Waals surface area contributed by atoms with Crippen LogP contribution < -0.4 is 4.74 Å².